The molecule has 0 amide bonds. The minimum absolute atomic E-state index is 0.327. The summed E-state index contributed by atoms with van der Waals surface area (Å²) in [6.07, 6.45) is 4.61. The summed E-state index contributed by atoms with van der Waals surface area (Å²) in [5, 5.41) is 0. The van der Waals surface area contributed by atoms with Crippen molar-refractivity contribution in [2.24, 2.45) is 11.8 Å². The molecule has 2 N–H and O–H groups in total. The number of hydrogen-bond donors (Lipinski definition) is 1. The second-order valence-electron chi connectivity index (χ2n) is 5.90. The Bertz CT molecular complexity index is 596. The molecule has 0 atom stereocenters. The molecule has 0 spiro atoms. The molecule has 6 heteroatoms. The van der Waals surface area contributed by atoms with E-state index in [2.05, 4.69) is 15.9 Å². The molecule has 2 saturated carbocycles. The first-order valence-corrected chi connectivity index (χ1v) is 9.25. The van der Waals surface area contributed by atoms with E-state index in [9.17, 15) is 8.42 Å². The quantitative estimate of drug-likeness (QED) is 0.795. The molecule has 0 unspecified atom stereocenters. The number of halogens is 1. The van der Waals surface area contributed by atoms with Crippen LogP contribution < -0.4 is 5.73 Å². The van der Waals surface area contributed by atoms with E-state index in [0.29, 0.717) is 40.0 Å². The second kappa shape index (κ2) is 5.31. The highest BCUT2D eigenvalue weighted by molar-refractivity contribution is 9.10. The van der Waals surface area contributed by atoms with E-state index in [1.54, 1.807) is 22.5 Å². The Morgan fingerprint density at radius 2 is 1.70 bits per heavy atom. The Morgan fingerprint density at radius 1 is 1.15 bits per heavy atom. The van der Waals surface area contributed by atoms with Crippen molar-refractivity contribution in [2.45, 2.75) is 30.6 Å². The van der Waals surface area contributed by atoms with Gasteiger partial charge in [0, 0.05) is 23.2 Å². The fraction of sp³-hybridized carbons (Fsp3) is 0.571. The molecule has 0 saturated heterocycles. The summed E-state index contributed by atoms with van der Waals surface area (Å²) >= 11 is 3.33. The maximum absolute atomic E-state index is 12.8. The lowest BCUT2D eigenvalue weighted by Gasteiger charge is -2.22. The van der Waals surface area contributed by atoms with Crippen LogP contribution in [-0.4, -0.2) is 25.8 Å². The van der Waals surface area contributed by atoms with Crippen LogP contribution in [0.2, 0.25) is 0 Å². The standard InChI is InChI=1S/C14H19BrN2O2S/c15-13-7-12(16)5-6-14(13)20(18,19)17(8-10-1-2-10)9-11-3-4-11/h5-7,10-11H,1-4,8-9,16H2. The van der Waals surface area contributed by atoms with E-state index in [1.165, 1.54) is 0 Å². The summed E-state index contributed by atoms with van der Waals surface area (Å²) < 4.78 is 27.9. The number of sulfonamides is 1. The summed E-state index contributed by atoms with van der Waals surface area (Å²) in [6.45, 7) is 1.32. The molecule has 2 aliphatic carbocycles. The lowest BCUT2D eigenvalue weighted by atomic mass is 10.3. The number of nitrogens with two attached hydrogens (primary N) is 1. The molecular weight excluding hydrogens is 340 g/mol. The first-order chi connectivity index (χ1) is 9.46. The van der Waals surface area contributed by atoms with Gasteiger partial charge in [0.2, 0.25) is 10.0 Å². The van der Waals surface area contributed by atoms with E-state index in [-0.39, 0.29) is 0 Å². The predicted octanol–water partition coefficient (Wildman–Crippen LogP) is 2.84. The van der Waals surface area contributed by atoms with Gasteiger partial charge in [-0.1, -0.05) is 0 Å². The molecule has 4 nitrogen and oxygen atoms in total. The molecule has 0 bridgehead atoms. The summed E-state index contributed by atoms with van der Waals surface area (Å²) in [5.74, 6) is 1.10. The van der Waals surface area contributed by atoms with Crippen molar-refractivity contribution < 1.29 is 8.42 Å². The van der Waals surface area contributed by atoms with Crippen LogP contribution in [0.1, 0.15) is 25.7 Å². The number of rotatable bonds is 6. The van der Waals surface area contributed by atoms with Gasteiger partial charge in [-0.3, -0.25) is 0 Å². The molecule has 1 aromatic rings. The Kier molecular flexibility index (Phi) is 3.81. The average molecular weight is 359 g/mol. The van der Waals surface area contributed by atoms with Crippen molar-refractivity contribution in [1.82, 2.24) is 4.31 Å². The minimum Gasteiger partial charge on any atom is -0.399 e. The van der Waals surface area contributed by atoms with Crippen LogP contribution in [0.3, 0.4) is 0 Å². The fourth-order valence-electron chi connectivity index (χ4n) is 2.31. The molecule has 1 aromatic carbocycles. The normalized spacial score (nSPS) is 19.5. The highest BCUT2D eigenvalue weighted by Gasteiger charge is 2.36. The van der Waals surface area contributed by atoms with Crippen molar-refractivity contribution in [1.29, 1.82) is 0 Å². The van der Waals surface area contributed by atoms with Crippen molar-refractivity contribution in [3.63, 3.8) is 0 Å². The molecule has 0 heterocycles. The third-order valence-corrected chi connectivity index (χ3v) is 6.70. The first kappa shape index (κ1) is 14.4. The van der Waals surface area contributed by atoms with Gasteiger partial charge in [0.25, 0.3) is 0 Å². The zero-order valence-electron chi connectivity index (χ0n) is 11.3. The Labute approximate surface area is 128 Å². The first-order valence-electron chi connectivity index (χ1n) is 7.02. The van der Waals surface area contributed by atoms with Crippen LogP contribution in [0.15, 0.2) is 27.6 Å². The number of nitrogens with zero attached hydrogens (tertiary/aromatic N) is 1. The van der Waals surface area contributed by atoms with Gasteiger partial charge in [0.15, 0.2) is 0 Å². The van der Waals surface area contributed by atoms with Gasteiger partial charge in [0.05, 0.1) is 4.90 Å². The number of benzene rings is 1. The van der Waals surface area contributed by atoms with E-state index in [0.717, 1.165) is 25.7 Å². The summed E-state index contributed by atoms with van der Waals surface area (Å²) in [4.78, 5) is 0.327. The van der Waals surface area contributed by atoms with Crippen LogP contribution in [-0.2, 0) is 10.0 Å². The van der Waals surface area contributed by atoms with Crippen LogP contribution >= 0.6 is 15.9 Å². The fourth-order valence-corrected chi connectivity index (χ4v) is 4.96. The van der Waals surface area contributed by atoms with E-state index >= 15 is 0 Å². The molecule has 110 valence electrons. The van der Waals surface area contributed by atoms with Crippen LogP contribution in [0, 0.1) is 11.8 Å². The smallest absolute Gasteiger partial charge is 0.244 e. The van der Waals surface area contributed by atoms with E-state index < -0.39 is 10.0 Å². The summed E-state index contributed by atoms with van der Waals surface area (Å²) in [6, 6.07) is 4.89. The number of nitrogen functional groups attached to an aromatic ring is 1. The van der Waals surface area contributed by atoms with Crippen molar-refractivity contribution in [3.8, 4) is 0 Å². The van der Waals surface area contributed by atoms with Gasteiger partial charge < -0.3 is 5.73 Å². The summed E-state index contributed by atoms with van der Waals surface area (Å²) in [5.41, 5.74) is 6.25. The van der Waals surface area contributed by atoms with Crippen molar-refractivity contribution >= 4 is 31.6 Å². The van der Waals surface area contributed by atoms with Crippen molar-refractivity contribution in [3.05, 3.63) is 22.7 Å². The molecular formula is C14H19BrN2O2S. The van der Waals surface area contributed by atoms with Crippen LogP contribution in [0.4, 0.5) is 5.69 Å². The molecule has 3 rings (SSSR count). The molecule has 2 fully saturated rings. The second-order valence-corrected chi connectivity index (χ2v) is 8.66. The van der Waals surface area contributed by atoms with E-state index in [1.807, 2.05) is 0 Å². The van der Waals surface area contributed by atoms with Gasteiger partial charge in [0.1, 0.15) is 0 Å². The van der Waals surface area contributed by atoms with Crippen LogP contribution in [0.25, 0.3) is 0 Å². The van der Waals surface area contributed by atoms with E-state index in [4.69, 9.17) is 5.73 Å². The Balaban J connectivity index is 1.89. The van der Waals surface area contributed by atoms with Crippen LogP contribution in [0.5, 0.6) is 0 Å². The highest BCUT2D eigenvalue weighted by atomic mass is 79.9. The topological polar surface area (TPSA) is 63.4 Å². The largest absolute Gasteiger partial charge is 0.399 e. The zero-order valence-corrected chi connectivity index (χ0v) is 13.7. The zero-order chi connectivity index (χ0) is 14.3. The van der Waals surface area contributed by atoms with Gasteiger partial charge in [-0.2, -0.15) is 4.31 Å². The van der Waals surface area contributed by atoms with Gasteiger partial charge >= 0.3 is 0 Å². The Morgan fingerprint density at radius 3 is 2.15 bits per heavy atom. The highest BCUT2D eigenvalue weighted by Crippen LogP contribution is 2.37. The molecule has 0 radical (unpaired) electrons. The van der Waals surface area contributed by atoms with Gasteiger partial charge in [-0.05, 0) is 71.6 Å². The molecule has 2 aliphatic rings. The van der Waals surface area contributed by atoms with Crippen molar-refractivity contribution in [2.75, 3.05) is 18.8 Å². The maximum Gasteiger partial charge on any atom is 0.244 e. The number of hydrogen-bond acceptors (Lipinski definition) is 3. The molecule has 0 aromatic heterocycles. The third-order valence-electron chi connectivity index (χ3n) is 3.89. The molecule has 0 aliphatic heterocycles. The monoisotopic (exact) mass is 358 g/mol. The predicted molar refractivity (Wildman–Crippen MR) is 82.8 cm³/mol. The average Bonchev–Trinajstić information content (AvgIpc) is 3.22. The van der Waals surface area contributed by atoms with Gasteiger partial charge in [-0.25, -0.2) is 8.42 Å². The SMILES string of the molecule is Nc1ccc(S(=O)(=O)N(CC2CC2)CC2CC2)c(Br)c1. The maximum atomic E-state index is 12.8. The Hall–Kier alpha value is -0.590. The summed E-state index contributed by atoms with van der Waals surface area (Å²) in [7, 11) is -3.43. The lowest BCUT2D eigenvalue weighted by molar-refractivity contribution is 0.382. The lowest BCUT2D eigenvalue weighted by Crippen LogP contribution is -2.35. The minimum atomic E-state index is -3.43. The van der Waals surface area contributed by atoms with Gasteiger partial charge in [-0.15, -0.1) is 0 Å². The number of anilines is 1. The molecule has 20 heavy (non-hydrogen) atoms. The third kappa shape index (κ3) is 3.18.